The number of nitrogens with zero attached hydrogens (tertiary/aromatic N) is 3. The number of anilines is 3. The summed E-state index contributed by atoms with van der Waals surface area (Å²) in [6.45, 7) is 1.16. The molecule has 0 N–H and O–H groups in total. The molecule has 0 aromatic heterocycles. The highest BCUT2D eigenvalue weighted by Gasteiger charge is 2.29. The molecule has 0 unspecified atom stereocenters. The van der Waals surface area contributed by atoms with Crippen molar-refractivity contribution in [2.45, 2.75) is 0 Å². The molecule has 0 amide bonds. The Hall–Kier alpha value is -2.63. The van der Waals surface area contributed by atoms with Crippen LogP contribution in [-0.4, -0.2) is 19.0 Å². The molecule has 0 atom stereocenters. The Kier molecular flexibility index (Phi) is 5.20. The first-order valence-corrected chi connectivity index (χ1v) is 9.37. The predicted octanol–water partition coefficient (Wildman–Crippen LogP) is 6.29. The van der Waals surface area contributed by atoms with Gasteiger partial charge < -0.3 is 4.90 Å². The summed E-state index contributed by atoms with van der Waals surface area (Å²) >= 11 is 13.0. The van der Waals surface area contributed by atoms with Gasteiger partial charge in [-0.2, -0.15) is 0 Å². The van der Waals surface area contributed by atoms with E-state index in [4.69, 9.17) is 23.2 Å². The maximum absolute atomic E-state index is 13.5. The van der Waals surface area contributed by atoms with Crippen LogP contribution < -0.4 is 9.80 Å². The topological polar surface area (TPSA) is 18.8 Å². The Morgan fingerprint density at radius 2 is 1.39 bits per heavy atom. The fraction of sp³-hybridized carbons (Fsp3) is 0.0952. The quantitative estimate of drug-likeness (QED) is 0.498. The van der Waals surface area contributed by atoms with E-state index in [2.05, 4.69) is 4.99 Å². The van der Waals surface area contributed by atoms with Crippen LogP contribution in [0.15, 0.2) is 71.7 Å². The van der Waals surface area contributed by atoms with Crippen molar-refractivity contribution in [1.82, 2.24) is 0 Å². The monoisotopic (exact) mass is 417 g/mol. The van der Waals surface area contributed by atoms with Crippen molar-refractivity contribution in [3.8, 4) is 0 Å². The molecule has 4 rings (SSSR count). The van der Waals surface area contributed by atoms with Crippen LogP contribution >= 0.6 is 23.2 Å². The van der Waals surface area contributed by atoms with Gasteiger partial charge in [0, 0.05) is 17.9 Å². The summed E-state index contributed by atoms with van der Waals surface area (Å²) < 4.78 is 26.9. The standard InChI is InChI=1S/C21H15Cl2F2N3/c22-18-2-1-3-19(23)20(18)28(17-10-6-15(25)7-11-17)21-26-12-13-27(21)16-8-4-14(24)5-9-16/h1-11H,12-13H2. The van der Waals surface area contributed by atoms with E-state index >= 15 is 0 Å². The van der Waals surface area contributed by atoms with E-state index in [1.54, 1.807) is 47.4 Å². The SMILES string of the molecule is Fc1ccc(N2CCN=C2N(c2ccc(F)cc2)c2c(Cl)cccc2Cl)cc1. The molecule has 0 fully saturated rings. The Bertz CT molecular complexity index is 1000. The first-order chi connectivity index (χ1) is 13.5. The van der Waals surface area contributed by atoms with Gasteiger partial charge in [-0.15, -0.1) is 0 Å². The second-order valence-corrected chi connectivity index (χ2v) is 7.01. The minimum Gasteiger partial charge on any atom is -0.310 e. The zero-order valence-corrected chi connectivity index (χ0v) is 16.1. The first kappa shape index (κ1) is 18.7. The van der Waals surface area contributed by atoms with Gasteiger partial charge in [-0.1, -0.05) is 29.3 Å². The van der Waals surface area contributed by atoms with Gasteiger partial charge in [-0.3, -0.25) is 9.89 Å². The second-order valence-electron chi connectivity index (χ2n) is 6.19. The Labute approximate surface area is 171 Å². The molecule has 3 aromatic carbocycles. The molecule has 1 aliphatic heterocycles. The Morgan fingerprint density at radius 1 is 0.821 bits per heavy atom. The van der Waals surface area contributed by atoms with Crippen LogP contribution in [0.3, 0.4) is 0 Å². The maximum Gasteiger partial charge on any atom is 0.210 e. The van der Waals surface area contributed by atoms with Gasteiger partial charge in [-0.05, 0) is 60.7 Å². The third-order valence-electron chi connectivity index (χ3n) is 4.40. The molecule has 0 spiro atoms. The molecule has 3 nitrogen and oxygen atoms in total. The predicted molar refractivity (Wildman–Crippen MR) is 111 cm³/mol. The highest BCUT2D eigenvalue weighted by atomic mass is 35.5. The minimum absolute atomic E-state index is 0.314. The summed E-state index contributed by atoms with van der Waals surface area (Å²) in [7, 11) is 0. The largest absolute Gasteiger partial charge is 0.310 e. The van der Waals surface area contributed by atoms with Gasteiger partial charge in [0.2, 0.25) is 5.96 Å². The molecule has 7 heteroatoms. The molecular weight excluding hydrogens is 403 g/mol. The van der Waals surface area contributed by atoms with E-state index in [9.17, 15) is 8.78 Å². The number of hydrogen-bond acceptors (Lipinski definition) is 3. The van der Waals surface area contributed by atoms with Gasteiger partial charge >= 0.3 is 0 Å². The Balaban J connectivity index is 1.85. The summed E-state index contributed by atoms with van der Waals surface area (Å²) in [6, 6.07) is 17.4. The van der Waals surface area contributed by atoms with Crippen LogP contribution in [-0.2, 0) is 0 Å². The zero-order valence-electron chi connectivity index (χ0n) is 14.6. The Morgan fingerprint density at radius 3 is 2.00 bits per heavy atom. The number of benzene rings is 3. The van der Waals surface area contributed by atoms with Crippen molar-refractivity contribution in [3.05, 3.63) is 88.4 Å². The number of halogens is 4. The van der Waals surface area contributed by atoms with E-state index in [1.807, 2.05) is 4.90 Å². The summed E-state index contributed by atoms with van der Waals surface area (Å²) in [5.41, 5.74) is 1.99. The lowest BCUT2D eigenvalue weighted by molar-refractivity contribution is 0.627. The first-order valence-electron chi connectivity index (χ1n) is 8.62. The lowest BCUT2D eigenvalue weighted by atomic mass is 10.2. The van der Waals surface area contributed by atoms with Gasteiger partial charge in [0.1, 0.15) is 11.6 Å². The lowest BCUT2D eigenvalue weighted by Crippen LogP contribution is -2.40. The zero-order chi connectivity index (χ0) is 19.7. The van der Waals surface area contributed by atoms with Crippen LogP contribution in [0, 0.1) is 11.6 Å². The van der Waals surface area contributed by atoms with Crippen molar-refractivity contribution in [2.24, 2.45) is 4.99 Å². The van der Waals surface area contributed by atoms with Gasteiger partial charge in [0.05, 0.1) is 22.3 Å². The van der Waals surface area contributed by atoms with E-state index in [1.165, 1.54) is 24.3 Å². The maximum atomic E-state index is 13.5. The third kappa shape index (κ3) is 3.55. The summed E-state index contributed by atoms with van der Waals surface area (Å²) in [5.74, 6) is -0.0862. The highest BCUT2D eigenvalue weighted by Crippen LogP contribution is 2.40. The van der Waals surface area contributed by atoms with Gasteiger partial charge in [0.15, 0.2) is 0 Å². The summed E-state index contributed by atoms with van der Waals surface area (Å²) in [4.78, 5) is 8.38. The molecule has 0 saturated heterocycles. The molecule has 0 saturated carbocycles. The van der Waals surface area contributed by atoms with Crippen LogP contribution in [0.4, 0.5) is 25.8 Å². The molecule has 142 valence electrons. The number of para-hydroxylation sites is 1. The van der Waals surface area contributed by atoms with E-state index in [0.29, 0.717) is 40.5 Å². The normalized spacial score (nSPS) is 13.6. The molecule has 3 aromatic rings. The number of hydrogen-bond donors (Lipinski definition) is 0. The average Bonchev–Trinajstić information content (AvgIpc) is 3.16. The molecular formula is C21H15Cl2F2N3. The highest BCUT2D eigenvalue weighted by molar-refractivity contribution is 6.40. The summed E-state index contributed by atoms with van der Waals surface area (Å²) in [5, 5.41) is 0.871. The molecule has 1 aliphatic rings. The van der Waals surface area contributed by atoms with Crippen molar-refractivity contribution in [2.75, 3.05) is 22.9 Å². The van der Waals surface area contributed by atoms with E-state index in [-0.39, 0.29) is 11.6 Å². The average molecular weight is 418 g/mol. The van der Waals surface area contributed by atoms with Crippen molar-refractivity contribution < 1.29 is 8.78 Å². The van der Waals surface area contributed by atoms with Gasteiger partial charge in [-0.25, -0.2) is 8.78 Å². The fourth-order valence-electron chi connectivity index (χ4n) is 3.13. The number of guanidine groups is 1. The van der Waals surface area contributed by atoms with E-state index < -0.39 is 0 Å². The van der Waals surface area contributed by atoms with Crippen molar-refractivity contribution >= 4 is 46.2 Å². The second kappa shape index (κ2) is 7.78. The lowest BCUT2D eigenvalue weighted by Gasteiger charge is -2.32. The van der Waals surface area contributed by atoms with Gasteiger partial charge in [0.25, 0.3) is 0 Å². The third-order valence-corrected chi connectivity index (χ3v) is 5.01. The molecule has 0 aliphatic carbocycles. The summed E-state index contributed by atoms with van der Waals surface area (Å²) in [6.07, 6.45) is 0. The molecule has 28 heavy (non-hydrogen) atoms. The fourth-order valence-corrected chi connectivity index (χ4v) is 3.70. The van der Waals surface area contributed by atoms with Crippen LogP contribution in [0.5, 0.6) is 0 Å². The number of aliphatic imine (C=N–C) groups is 1. The van der Waals surface area contributed by atoms with Crippen molar-refractivity contribution in [3.63, 3.8) is 0 Å². The molecule has 0 radical (unpaired) electrons. The minimum atomic E-state index is -0.349. The van der Waals surface area contributed by atoms with Crippen LogP contribution in [0.1, 0.15) is 0 Å². The number of rotatable bonds is 3. The van der Waals surface area contributed by atoms with Crippen LogP contribution in [0.2, 0.25) is 10.0 Å². The van der Waals surface area contributed by atoms with E-state index in [0.717, 1.165) is 5.69 Å². The van der Waals surface area contributed by atoms with Crippen molar-refractivity contribution in [1.29, 1.82) is 0 Å². The smallest absolute Gasteiger partial charge is 0.210 e. The van der Waals surface area contributed by atoms with Crippen LogP contribution in [0.25, 0.3) is 0 Å². The molecule has 0 bridgehead atoms. The molecule has 1 heterocycles.